The Hall–Kier alpha value is -4.06. The van der Waals surface area contributed by atoms with E-state index >= 15 is 0 Å². The van der Waals surface area contributed by atoms with Crippen LogP contribution in [0, 0.1) is 6.92 Å². The minimum Gasteiger partial charge on any atom is -0.462 e. The van der Waals surface area contributed by atoms with E-state index in [1.165, 1.54) is 25.0 Å². The second-order valence-electron chi connectivity index (χ2n) is 6.66. The molecule has 0 bridgehead atoms. The molecule has 0 aliphatic rings. The minimum absolute atomic E-state index is 0.308. The maximum Gasteiger partial charge on any atom is 0.338 e. The molecule has 2 aromatic rings. The first kappa shape index (κ1) is 23.2. The molecule has 0 amide bonds. The lowest BCUT2D eigenvalue weighted by Gasteiger charge is -2.09. The van der Waals surface area contributed by atoms with Crippen molar-refractivity contribution in [1.82, 2.24) is 0 Å². The van der Waals surface area contributed by atoms with Crippen LogP contribution in [0.25, 0.3) is 11.1 Å². The molecule has 160 valence electrons. The first-order chi connectivity index (χ1) is 14.8. The third kappa shape index (κ3) is 7.36. The molecule has 0 aliphatic heterocycles. The van der Waals surface area contributed by atoms with E-state index in [0.717, 1.165) is 16.7 Å². The highest BCUT2D eigenvalue weighted by molar-refractivity contribution is 5.87. The molecule has 0 aromatic heterocycles. The lowest BCUT2D eigenvalue weighted by Crippen LogP contribution is -1.99. The van der Waals surface area contributed by atoms with Gasteiger partial charge in [0.15, 0.2) is 0 Å². The Morgan fingerprint density at radius 2 is 1.26 bits per heavy atom. The highest BCUT2D eigenvalue weighted by Gasteiger charge is 2.04. The number of ether oxygens (including phenoxy) is 4. The van der Waals surface area contributed by atoms with Crippen molar-refractivity contribution in [2.45, 2.75) is 20.8 Å². The zero-order valence-corrected chi connectivity index (χ0v) is 17.7. The van der Waals surface area contributed by atoms with E-state index < -0.39 is 11.9 Å². The molecule has 0 spiro atoms. The highest BCUT2D eigenvalue weighted by Crippen LogP contribution is 2.27. The minimum atomic E-state index is -0.513. The SMILES string of the molecule is C=C(C)C(=O)O/C=C\Oc1ccc(-c2ccc(O/C=C\OC(=O)C(=C)C)c(C)c2)cc1. The summed E-state index contributed by atoms with van der Waals surface area (Å²) in [6, 6.07) is 13.2. The van der Waals surface area contributed by atoms with E-state index in [0.29, 0.717) is 22.6 Å². The molecule has 31 heavy (non-hydrogen) atoms. The van der Waals surface area contributed by atoms with Crippen molar-refractivity contribution in [3.8, 4) is 22.6 Å². The Bertz CT molecular complexity index is 1030. The highest BCUT2D eigenvalue weighted by atomic mass is 16.5. The molecule has 0 aliphatic carbocycles. The van der Waals surface area contributed by atoms with Crippen LogP contribution in [0.3, 0.4) is 0 Å². The van der Waals surface area contributed by atoms with Crippen molar-refractivity contribution in [1.29, 1.82) is 0 Å². The van der Waals surface area contributed by atoms with Gasteiger partial charge in [0.1, 0.15) is 36.5 Å². The van der Waals surface area contributed by atoms with Gasteiger partial charge in [-0.2, -0.15) is 0 Å². The second-order valence-corrected chi connectivity index (χ2v) is 6.66. The number of hydrogen-bond acceptors (Lipinski definition) is 6. The fourth-order valence-corrected chi connectivity index (χ4v) is 2.27. The summed E-state index contributed by atoms with van der Waals surface area (Å²) in [5, 5.41) is 0. The Morgan fingerprint density at radius 1 is 0.742 bits per heavy atom. The topological polar surface area (TPSA) is 71.1 Å². The van der Waals surface area contributed by atoms with Gasteiger partial charge in [0, 0.05) is 11.1 Å². The van der Waals surface area contributed by atoms with E-state index in [-0.39, 0.29) is 0 Å². The van der Waals surface area contributed by atoms with Gasteiger partial charge < -0.3 is 18.9 Å². The van der Waals surface area contributed by atoms with Crippen molar-refractivity contribution in [3.63, 3.8) is 0 Å². The molecule has 0 unspecified atom stereocenters. The third-order valence-electron chi connectivity index (χ3n) is 3.92. The summed E-state index contributed by atoms with van der Waals surface area (Å²) in [6.07, 6.45) is 4.93. The molecular weight excluding hydrogens is 396 g/mol. The Kier molecular flexibility index (Phi) is 8.40. The zero-order valence-electron chi connectivity index (χ0n) is 17.7. The Balaban J connectivity index is 1.95. The predicted molar refractivity (Wildman–Crippen MR) is 118 cm³/mol. The zero-order chi connectivity index (χ0) is 22.8. The van der Waals surface area contributed by atoms with E-state index in [1.54, 1.807) is 26.0 Å². The van der Waals surface area contributed by atoms with Gasteiger partial charge in [-0.05, 0) is 61.7 Å². The van der Waals surface area contributed by atoms with Gasteiger partial charge in [0.05, 0.1) is 0 Å². The number of rotatable bonds is 9. The fourth-order valence-electron chi connectivity index (χ4n) is 2.27. The molecule has 0 fully saturated rings. The summed E-state index contributed by atoms with van der Waals surface area (Å²) in [6.45, 7) is 12.0. The lowest BCUT2D eigenvalue weighted by atomic mass is 10.0. The van der Waals surface area contributed by atoms with Crippen LogP contribution in [-0.4, -0.2) is 11.9 Å². The maximum absolute atomic E-state index is 11.3. The van der Waals surface area contributed by atoms with Gasteiger partial charge in [-0.25, -0.2) is 9.59 Å². The van der Waals surface area contributed by atoms with Crippen molar-refractivity contribution in [2.75, 3.05) is 0 Å². The molecule has 0 saturated carbocycles. The smallest absolute Gasteiger partial charge is 0.338 e. The van der Waals surface area contributed by atoms with Crippen LogP contribution in [0.4, 0.5) is 0 Å². The van der Waals surface area contributed by atoms with Gasteiger partial charge in [-0.15, -0.1) is 0 Å². The third-order valence-corrected chi connectivity index (χ3v) is 3.92. The van der Waals surface area contributed by atoms with Crippen LogP contribution in [0.5, 0.6) is 11.5 Å². The summed E-state index contributed by atoms with van der Waals surface area (Å²) < 4.78 is 20.6. The first-order valence-electron chi connectivity index (χ1n) is 9.35. The standard InChI is InChI=1S/C25H24O6/c1-17(2)24(26)30-14-12-28-22-9-6-20(7-10-22)21-8-11-23(19(5)16-21)29-13-15-31-25(27)18(3)4/h6-16H,1,3H2,2,4-5H3/b14-12-,15-13-. The molecule has 0 radical (unpaired) electrons. The average molecular weight is 420 g/mol. The predicted octanol–water partition coefficient (Wildman–Crippen LogP) is 5.60. The average Bonchev–Trinajstić information content (AvgIpc) is 2.75. The van der Waals surface area contributed by atoms with E-state index in [1.807, 2.05) is 37.3 Å². The maximum atomic E-state index is 11.3. The van der Waals surface area contributed by atoms with Crippen molar-refractivity contribution < 1.29 is 28.5 Å². The quantitative estimate of drug-likeness (QED) is 0.299. The van der Waals surface area contributed by atoms with Gasteiger partial charge in [-0.3, -0.25) is 0 Å². The Labute approximate surface area is 181 Å². The van der Waals surface area contributed by atoms with E-state index in [4.69, 9.17) is 18.9 Å². The van der Waals surface area contributed by atoms with Crippen LogP contribution in [0.2, 0.25) is 0 Å². The first-order valence-corrected chi connectivity index (χ1v) is 9.35. The summed E-state index contributed by atoms with van der Waals surface area (Å²) in [5.74, 6) is 0.211. The van der Waals surface area contributed by atoms with Gasteiger partial charge in [-0.1, -0.05) is 31.4 Å². The van der Waals surface area contributed by atoms with Gasteiger partial charge >= 0.3 is 11.9 Å². The van der Waals surface area contributed by atoms with E-state index in [9.17, 15) is 9.59 Å². The molecule has 2 aromatic carbocycles. The van der Waals surface area contributed by atoms with Crippen molar-refractivity contribution >= 4 is 11.9 Å². The largest absolute Gasteiger partial charge is 0.462 e. The molecule has 2 rings (SSSR count). The van der Waals surface area contributed by atoms with Crippen LogP contribution < -0.4 is 9.47 Å². The summed E-state index contributed by atoms with van der Waals surface area (Å²) >= 11 is 0. The summed E-state index contributed by atoms with van der Waals surface area (Å²) in [4.78, 5) is 22.6. The molecular formula is C25H24O6. The fraction of sp³-hybridized carbons (Fsp3) is 0.120. The van der Waals surface area contributed by atoms with Gasteiger partial charge in [0.2, 0.25) is 0 Å². The number of hydrogen-bond donors (Lipinski definition) is 0. The number of esters is 2. The van der Waals surface area contributed by atoms with Crippen LogP contribution in [0.1, 0.15) is 19.4 Å². The van der Waals surface area contributed by atoms with Gasteiger partial charge in [0.25, 0.3) is 0 Å². The normalized spacial score (nSPS) is 10.7. The number of carbonyl (C=O) groups excluding carboxylic acids is 2. The van der Waals surface area contributed by atoms with Crippen LogP contribution in [-0.2, 0) is 19.1 Å². The molecule has 0 saturated heterocycles. The lowest BCUT2D eigenvalue weighted by molar-refractivity contribution is -0.134. The van der Waals surface area contributed by atoms with E-state index in [2.05, 4.69) is 13.2 Å². The number of aryl methyl sites for hydroxylation is 1. The van der Waals surface area contributed by atoms with Crippen LogP contribution in [0.15, 0.2) is 91.8 Å². The van der Waals surface area contributed by atoms with Crippen molar-refractivity contribution in [3.05, 3.63) is 97.4 Å². The monoisotopic (exact) mass is 420 g/mol. The number of carbonyl (C=O) groups is 2. The van der Waals surface area contributed by atoms with Crippen LogP contribution >= 0.6 is 0 Å². The molecule has 0 heterocycles. The molecule has 0 N–H and O–H groups in total. The van der Waals surface area contributed by atoms with Crippen molar-refractivity contribution in [2.24, 2.45) is 0 Å². The Morgan fingerprint density at radius 3 is 1.77 bits per heavy atom. The summed E-state index contributed by atoms with van der Waals surface area (Å²) in [5.41, 5.74) is 3.52. The second kappa shape index (κ2) is 11.2. The molecule has 6 nitrogen and oxygen atoms in total. The number of benzene rings is 2. The molecule has 0 atom stereocenters. The molecule has 6 heteroatoms. The summed E-state index contributed by atoms with van der Waals surface area (Å²) in [7, 11) is 0.